The van der Waals surface area contributed by atoms with Crippen LogP contribution in [-0.4, -0.2) is 24.0 Å². The number of carbonyl (C=O) groups excluding carboxylic acids is 1. The second-order valence-electron chi connectivity index (χ2n) is 4.68. The molecule has 0 bridgehead atoms. The third-order valence-electron chi connectivity index (χ3n) is 3.15. The molecule has 0 atom stereocenters. The second-order valence-corrected chi connectivity index (χ2v) is 5.84. The van der Waals surface area contributed by atoms with Crippen LogP contribution in [0.15, 0.2) is 0 Å². The number of hydrogen-bond acceptors (Lipinski definition) is 4. The van der Waals surface area contributed by atoms with Gasteiger partial charge in [-0.3, -0.25) is 4.79 Å². The summed E-state index contributed by atoms with van der Waals surface area (Å²) in [5.41, 5.74) is 6.64. The van der Waals surface area contributed by atoms with E-state index in [4.69, 9.17) is 5.73 Å². The van der Waals surface area contributed by atoms with Crippen LogP contribution < -0.4 is 11.1 Å². The molecule has 2 rings (SSSR count). The predicted molar refractivity (Wildman–Crippen MR) is 73.8 cm³/mol. The zero-order valence-corrected chi connectivity index (χ0v) is 11.5. The summed E-state index contributed by atoms with van der Waals surface area (Å²) in [5.74, 6) is 0.0518. The van der Waals surface area contributed by atoms with Crippen molar-refractivity contribution in [1.82, 2.24) is 10.3 Å². The summed E-state index contributed by atoms with van der Waals surface area (Å²) in [6.07, 6.45) is 7.31. The van der Waals surface area contributed by atoms with Crippen LogP contribution in [0.1, 0.15) is 41.3 Å². The van der Waals surface area contributed by atoms with Crippen LogP contribution >= 0.6 is 11.3 Å². The first-order valence-corrected chi connectivity index (χ1v) is 7.55. The Kier molecular flexibility index (Phi) is 5.13. The lowest BCUT2D eigenvalue weighted by Gasteiger charge is -2.06. The molecule has 100 valence electrons. The van der Waals surface area contributed by atoms with Crippen molar-refractivity contribution in [3.05, 3.63) is 15.6 Å². The van der Waals surface area contributed by atoms with Gasteiger partial charge in [0.25, 0.3) is 0 Å². The summed E-state index contributed by atoms with van der Waals surface area (Å²) in [7, 11) is 0. The van der Waals surface area contributed by atoms with E-state index in [1.54, 1.807) is 0 Å². The number of fused-ring (bicyclic) bond motifs is 1. The van der Waals surface area contributed by atoms with Gasteiger partial charge < -0.3 is 11.1 Å². The zero-order chi connectivity index (χ0) is 12.8. The molecule has 1 heterocycles. The maximum atomic E-state index is 11.2. The minimum Gasteiger partial charge on any atom is -0.356 e. The maximum absolute atomic E-state index is 11.2. The lowest BCUT2D eigenvalue weighted by atomic mass is 10.0. The molecule has 3 N–H and O–H groups in total. The number of rotatable bonds is 6. The summed E-state index contributed by atoms with van der Waals surface area (Å²) in [6, 6.07) is 0. The van der Waals surface area contributed by atoms with Crippen molar-refractivity contribution in [2.45, 2.75) is 44.9 Å². The third-order valence-corrected chi connectivity index (χ3v) is 4.37. The first-order chi connectivity index (χ1) is 8.79. The Morgan fingerprint density at radius 3 is 3.00 bits per heavy atom. The molecule has 5 heteroatoms. The largest absolute Gasteiger partial charge is 0.356 e. The number of thiazole rings is 1. The Bertz CT molecular complexity index is 379. The Labute approximate surface area is 112 Å². The van der Waals surface area contributed by atoms with E-state index in [9.17, 15) is 4.79 Å². The molecule has 0 saturated carbocycles. The molecule has 0 spiro atoms. The number of nitrogens with zero attached hydrogens (tertiary/aromatic N) is 1. The standard InChI is InChI=1S/C13H21N3OS/c14-8-7-12(17)15-9-3-6-13-16-10-4-1-2-5-11(10)18-13/h1-9,14H2,(H,15,17). The van der Waals surface area contributed by atoms with Crippen LogP contribution in [0, 0.1) is 0 Å². The molecule has 1 amide bonds. The molecule has 0 unspecified atom stereocenters. The highest BCUT2D eigenvalue weighted by Gasteiger charge is 2.14. The second kappa shape index (κ2) is 6.85. The van der Waals surface area contributed by atoms with Gasteiger partial charge >= 0.3 is 0 Å². The molecule has 1 aliphatic rings. The van der Waals surface area contributed by atoms with E-state index < -0.39 is 0 Å². The van der Waals surface area contributed by atoms with Gasteiger partial charge in [-0.2, -0.15) is 0 Å². The number of amides is 1. The van der Waals surface area contributed by atoms with Crippen molar-refractivity contribution in [3.8, 4) is 0 Å². The Balaban J connectivity index is 1.70. The molecule has 0 saturated heterocycles. The molecule has 0 aromatic carbocycles. The highest BCUT2D eigenvalue weighted by Crippen LogP contribution is 2.27. The number of carbonyl (C=O) groups is 1. The van der Waals surface area contributed by atoms with Crippen molar-refractivity contribution in [2.75, 3.05) is 13.1 Å². The van der Waals surface area contributed by atoms with E-state index >= 15 is 0 Å². The van der Waals surface area contributed by atoms with Gasteiger partial charge in [-0.15, -0.1) is 11.3 Å². The molecule has 0 fully saturated rings. The van der Waals surface area contributed by atoms with Gasteiger partial charge in [-0.05, 0) is 32.1 Å². The SMILES string of the molecule is NCCC(=O)NCCCc1nc2c(s1)CCCC2. The summed E-state index contributed by atoms with van der Waals surface area (Å²) in [4.78, 5) is 17.4. The van der Waals surface area contributed by atoms with Crippen LogP contribution in [0.3, 0.4) is 0 Å². The Morgan fingerprint density at radius 2 is 2.22 bits per heavy atom. The number of aromatic nitrogens is 1. The number of nitrogens with one attached hydrogen (secondary N) is 1. The number of aryl methyl sites for hydroxylation is 3. The molecular weight excluding hydrogens is 246 g/mol. The third kappa shape index (κ3) is 3.78. The minimum atomic E-state index is 0.0518. The molecule has 0 aliphatic heterocycles. The van der Waals surface area contributed by atoms with Gasteiger partial charge in [0.05, 0.1) is 10.7 Å². The van der Waals surface area contributed by atoms with Crippen molar-refractivity contribution >= 4 is 17.2 Å². The van der Waals surface area contributed by atoms with E-state index in [-0.39, 0.29) is 5.91 Å². The zero-order valence-electron chi connectivity index (χ0n) is 10.7. The first kappa shape index (κ1) is 13.5. The fourth-order valence-electron chi connectivity index (χ4n) is 2.20. The maximum Gasteiger partial charge on any atom is 0.221 e. The first-order valence-electron chi connectivity index (χ1n) is 6.74. The van der Waals surface area contributed by atoms with E-state index in [0.29, 0.717) is 13.0 Å². The summed E-state index contributed by atoms with van der Waals surface area (Å²) >= 11 is 1.86. The van der Waals surface area contributed by atoms with Crippen LogP contribution in [0.4, 0.5) is 0 Å². The lowest BCUT2D eigenvalue weighted by Crippen LogP contribution is -2.26. The van der Waals surface area contributed by atoms with Gasteiger partial charge in [-0.1, -0.05) is 0 Å². The predicted octanol–water partition coefficient (Wildman–Crippen LogP) is 1.42. The summed E-state index contributed by atoms with van der Waals surface area (Å²) in [6.45, 7) is 1.15. The number of hydrogen-bond donors (Lipinski definition) is 2. The van der Waals surface area contributed by atoms with Crippen molar-refractivity contribution in [1.29, 1.82) is 0 Å². The van der Waals surface area contributed by atoms with E-state index in [2.05, 4.69) is 10.3 Å². The van der Waals surface area contributed by atoms with Crippen molar-refractivity contribution < 1.29 is 4.79 Å². The lowest BCUT2D eigenvalue weighted by molar-refractivity contribution is -0.120. The minimum absolute atomic E-state index is 0.0518. The summed E-state index contributed by atoms with van der Waals surface area (Å²) < 4.78 is 0. The molecule has 1 aliphatic carbocycles. The van der Waals surface area contributed by atoms with Gasteiger partial charge in [0.15, 0.2) is 0 Å². The monoisotopic (exact) mass is 267 g/mol. The molecular formula is C13H21N3OS. The van der Waals surface area contributed by atoms with Gasteiger partial charge in [-0.25, -0.2) is 4.98 Å². The Morgan fingerprint density at radius 1 is 1.39 bits per heavy atom. The van der Waals surface area contributed by atoms with Crippen LogP contribution in [0.25, 0.3) is 0 Å². The van der Waals surface area contributed by atoms with Gasteiger partial charge in [0.2, 0.25) is 5.91 Å². The fraction of sp³-hybridized carbons (Fsp3) is 0.692. The highest BCUT2D eigenvalue weighted by molar-refractivity contribution is 7.11. The van der Waals surface area contributed by atoms with Crippen LogP contribution in [0.2, 0.25) is 0 Å². The van der Waals surface area contributed by atoms with E-state index in [0.717, 1.165) is 25.8 Å². The quantitative estimate of drug-likeness (QED) is 0.766. The summed E-state index contributed by atoms with van der Waals surface area (Å²) in [5, 5.41) is 4.10. The van der Waals surface area contributed by atoms with Crippen molar-refractivity contribution in [3.63, 3.8) is 0 Å². The normalized spacial score (nSPS) is 14.3. The average molecular weight is 267 g/mol. The fourth-order valence-corrected chi connectivity index (χ4v) is 3.40. The molecule has 1 aromatic heterocycles. The molecule has 18 heavy (non-hydrogen) atoms. The van der Waals surface area contributed by atoms with Crippen LogP contribution in [0.5, 0.6) is 0 Å². The average Bonchev–Trinajstić information content (AvgIpc) is 2.77. The molecule has 4 nitrogen and oxygen atoms in total. The highest BCUT2D eigenvalue weighted by atomic mass is 32.1. The Hall–Kier alpha value is -0.940. The van der Waals surface area contributed by atoms with E-state index in [1.165, 1.54) is 34.8 Å². The van der Waals surface area contributed by atoms with Crippen LogP contribution in [-0.2, 0) is 24.1 Å². The number of nitrogens with two attached hydrogens (primary N) is 1. The van der Waals surface area contributed by atoms with E-state index in [1.807, 2.05) is 11.3 Å². The van der Waals surface area contributed by atoms with Gasteiger partial charge in [0, 0.05) is 30.8 Å². The van der Waals surface area contributed by atoms with Crippen molar-refractivity contribution in [2.24, 2.45) is 5.73 Å². The topological polar surface area (TPSA) is 68.0 Å². The van der Waals surface area contributed by atoms with Gasteiger partial charge in [0.1, 0.15) is 0 Å². The smallest absolute Gasteiger partial charge is 0.221 e. The molecule has 0 radical (unpaired) electrons. The molecule has 1 aromatic rings.